The summed E-state index contributed by atoms with van der Waals surface area (Å²) in [6, 6.07) is 3.54. The molecule has 120 valence electrons. The number of hydrogen-bond donors (Lipinski definition) is 1. The lowest BCUT2D eigenvalue weighted by molar-refractivity contribution is -0.136. The van der Waals surface area contributed by atoms with Crippen molar-refractivity contribution in [2.75, 3.05) is 30.4 Å². The van der Waals surface area contributed by atoms with Crippen LogP contribution in [0.3, 0.4) is 0 Å². The summed E-state index contributed by atoms with van der Waals surface area (Å²) in [4.78, 5) is 29.3. The lowest BCUT2D eigenvalue weighted by Gasteiger charge is -2.19. The number of hydrogen-bond acceptors (Lipinski definition) is 5. The predicted octanol–water partition coefficient (Wildman–Crippen LogP) is 0.222. The molecule has 8 heteroatoms. The van der Waals surface area contributed by atoms with Crippen molar-refractivity contribution >= 4 is 27.5 Å². The Labute approximate surface area is 129 Å². The second-order valence-electron chi connectivity index (χ2n) is 5.56. The molecule has 1 aromatic heterocycles. The first-order chi connectivity index (χ1) is 10.3. The number of likely N-dealkylation sites (N-methyl/N-ethyl adjacent to an activating group) is 1. The molecule has 0 radical (unpaired) electrons. The fourth-order valence-electron chi connectivity index (χ4n) is 2.38. The van der Waals surface area contributed by atoms with Gasteiger partial charge in [-0.15, -0.1) is 0 Å². The van der Waals surface area contributed by atoms with Gasteiger partial charge in [0.1, 0.15) is 5.82 Å². The molecule has 1 aliphatic rings. The molecule has 22 heavy (non-hydrogen) atoms. The number of aromatic nitrogens is 1. The SMILES string of the molecule is Cc1ccnc(NC(=O)CN(C)C(=O)[C@@H]2CCS(=O)(=O)C2)c1. The highest BCUT2D eigenvalue weighted by Gasteiger charge is 2.34. The van der Waals surface area contributed by atoms with Gasteiger partial charge in [0.2, 0.25) is 11.8 Å². The molecule has 0 saturated carbocycles. The molecule has 1 atom stereocenters. The quantitative estimate of drug-likeness (QED) is 0.854. The van der Waals surface area contributed by atoms with E-state index in [9.17, 15) is 18.0 Å². The first-order valence-corrected chi connectivity index (χ1v) is 8.77. The number of aryl methyl sites for hydroxylation is 1. The number of nitrogens with zero attached hydrogens (tertiary/aromatic N) is 2. The highest BCUT2D eigenvalue weighted by Crippen LogP contribution is 2.20. The van der Waals surface area contributed by atoms with Gasteiger partial charge in [0.25, 0.3) is 0 Å². The summed E-state index contributed by atoms with van der Waals surface area (Å²) in [5, 5.41) is 2.61. The van der Waals surface area contributed by atoms with Crippen LogP contribution in [0.4, 0.5) is 5.82 Å². The second-order valence-corrected chi connectivity index (χ2v) is 7.79. The van der Waals surface area contributed by atoms with E-state index in [1.54, 1.807) is 12.3 Å². The number of pyridine rings is 1. The van der Waals surface area contributed by atoms with E-state index in [1.165, 1.54) is 11.9 Å². The zero-order valence-corrected chi connectivity index (χ0v) is 13.4. The molecule has 1 aromatic rings. The molecule has 0 aromatic carbocycles. The lowest BCUT2D eigenvalue weighted by Crippen LogP contribution is -2.39. The number of anilines is 1. The van der Waals surface area contributed by atoms with Crippen LogP contribution in [0, 0.1) is 12.8 Å². The number of nitrogens with one attached hydrogen (secondary N) is 1. The fourth-order valence-corrected chi connectivity index (χ4v) is 4.11. The Hall–Kier alpha value is -1.96. The summed E-state index contributed by atoms with van der Waals surface area (Å²) in [5.41, 5.74) is 0.964. The molecule has 7 nitrogen and oxygen atoms in total. The Morgan fingerprint density at radius 3 is 2.77 bits per heavy atom. The van der Waals surface area contributed by atoms with Crippen molar-refractivity contribution in [1.82, 2.24) is 9.88 Å². The number of carbonyl (C=O) groups is 2. The van der Waals surface area contributed by atoms with Crippen molar-refractivity contribution in [3.63, 3.8) is 0 Å². The Morgan fingerprint density at radius 1 is 1.45 bits per heavy atom. The van der Waals surface area contributed by atoms with Crippen LogP contribution in [-0.2, 0) is 19.4 Å². The molecule has 0 aliphatic carbocycles. The third-order valence-corrected chi connectivity index (χ3v) is 5.29. The van der Waals surface area contributed by atoms with Crippen LogP contribution in [0.1, 0.15) is 12.0 Å². The van der Waals surface area contributed by atoms with E-state index < -0.39 is 15.8 Å². The van der Waals surface area contributed by atoms with Gasteiger partial charge in [0, 0.05) is 13.2 Å². The van der Waals surface area contributed by atoms with Crippen molar-refractivity contribution in [1.29, 1.82) is 0 Å². The minimum absolute atomic E-state index is 0.0383. The standard InChI is InChI=1S/C14H19N3O4S/c1-10-3-5-15-12(7-10)16-13(18)8-17(2)14(19)11-4-6-22(20,21)9-11/h3,5,7,11H,4,6,8-9H2,1-2H3,(H,15,16,18)/t11-/m1/s1. The first kappa shape index (κ1) is 16.4. The Morgan fingerprint density at radius 2 is 2.18 bits per heavy atom. The van der Waals surface area contributed by atoms with Gasteiger partial charge < -0.3 is 10.2 Å². The summed E-state index contributed by atoms with van der Waals surface area (Å²) >= 11 is 0. The Balaban J connectivity index is 1.90. The van der Waals surface area contributed by atoms with Gasteiger partial charge >= 0.3 is 0 Å². The largest absolute Gasteiger partial charge is 0.336 e. The smallest absolute Gasteiger partial charge is 0.245 e. The predicted molar refractivity (Wildman–Crippen MR) is 82.0 cm³/mol. The molecule has 1 fully saturated rings. The van der Waals surface area contributed by atoms with Gasteiger partial charge in [-0.2, -0.15) is 0 Å². The molecule has 0 unspecified atom stereocenters. The average Bonchev–Trinajstić information content (AvgIpc) is 2.78. The maximum absolute atomic E-state index is 12.1. The molecule has 2 amide bonds. The number of sulfone groups is 1. The third kappa shape index (κ3) is 4.27. The van der Waals surface area contributed by atoms with E-state index >= 15 is 0 Å². The number of rotatable bonds is 4. The highest BCUT2D eigenvalue weighted by atomic mass is 32.2. The molecule has 2 heterocycles. The molecule has 0 spiro atoms. The van der Waals surface area contributed by atoms with Crippen molar-refractivity contribution in [3.05, 3.63) is 23.9 Å². The summed E-state index contributed by atoms with van der Waals surface area (Å²) in [7, 11) is -1.62. The molecular formula is C14H19N3O4S. The summed E-state index contributed by atoms with van der Waals surface area (Å²) in [6.45, 7) is 1.75. The summed E-state index contributed by atoms with van der Waals surface area (Å²) < 4.78 is 22.8. The highest BCUT2D eigenvalue weighted by molar-refractivity contribution is 7.91. The molecule has 1 aliphatic heterocycles. The molecular weight excluding hydrogens is 306 g/mol. The Bertz CT molecular complexity index is 687. The van der Waals surface area contributed by atoms with Crippen LogP contribution in [0.2, 0.25) is 0 Å². The molecule has 0 bridgehead atoms. The van der Waals surface area contributed by atoms with E-state index in [4.69, 9.17) is 0 Å². The lowest BCUT2D eigenvalue weighted by atomic mass is 10.1. The zero-order chi connectivity index (χ0) is 16.3. The average molecular weight is 325 g/mol. The monoisotopic (exact) mass is 325 g/mol. The second kappa shape index (κ2) is 6.43. The molecule has 1 saturated heterocycles. The molecule has 2 rings (SSSR count). The van der Waals surface area contributed by atoms with Gasteiger partial charge in [-0.1, -0.05) is 0 Å². The van der Waals surface area contributed by atoms with Crippen molar-refractivity contribution in [2.45, 2.75) is 13.3 Å². The molecule has 1 N–H and O–H groups in total. The van der Waals surface area contributed by atoms with Gasteiger partial charge in [0.05, 0.1) is 24.0 Å². The van der Waals surface area contributed by atoms with Crippen molar-refractivity contribution in [2.24, 2.45) is 5.92 Å². The van der Waals surface area contributed by atoms with Gasteiger partial charge in [-0.25, -0.2) is 13.4 Å². The van der Waals surface area contributed by atoms with Crippen molar-refractivity contribution < 1.29 is 18.0 Å². The summed E-state index contributed by atoms with van der Waals surface area (Å²) in [5.74, 6) is -0.883. The van der Waals surface area contributed by atoms with Crippen LogP contribution >= 0.6 is 0 Å². The summed E-state index contributed by atoms with van der Waals surface area (Å²) in [6.07, 6.45) is 1.91. The minimum atomic E-state index is -3.11. The first-order valence-electron chi connectivity index (χ1n) is 6.95. The topological polar surface area (TPSA) is 96.4 Å². The van der Waals surface area contributed by atoms with Gasteiger partial charge in [0.15, 0.2) is 9.84 Å². The number of carbonyl (C=O) groups excluding carboxylic acids is 2. The number of amides is 2. The van der Waals surface area contributed by atoms with Gasteiger partial charge in [-0.05, 0) is 31.0 Å². The van der Waals surface area contributed by atoms with E-state index in [2.05, 4.69) is 10.3 Å². The van der Waals surface area contributed by atoms with Crippen molar-refractivity contribution in [3.8, 4) is 0 Å². The van der Waals surface area contributed by atoms with E-state index in [0.717, 1.165) is 5.56 Å². The minimum Gasteiger partial charge on any atom is -0.336 e. The maximum Gasteiger partial charge on any atom is 0.245 e. The van der Waals surface area contributed by atoms with Crippen LogP contribution in [0.25, 0.3) is 0 Å². The van der Waals surface area contributed by atoms with Gasteiger partial charge in [-0.3, -0.25) is 9.59 Å². The van der Waals surface area contributed by atoms with Crippen LogP contribution in [0.15, 0.2) is 18.3 Å². The normalized spacial score (nSPS) is 19.6. The maximum atomic E-state index is 12.1. The van der Waals surface area contributed by atoms with Crippen LogP contribution in [-0.4, -0.2) is 55.2 Å². The fraction of sp³-hybridized carbons (Fsp3) is 0.500. The van der Waals surface area contributed by atoms with E-state index in [1.807, 2.05) is 13.0 Å². The van der Waals surface area contributed by atoms with Crippen LogP contribution < -0.4 is 5.32 Å². The third-order valence-electron chi connectivity index (χ3n) is 3.52. The Kier molecular flexibility index (Phi) is 4.80. The van der Waals surface area contributed by atoms with E-state index in [-0.39, 0.29) is 29.9 Å². The van der Waals surface area contributed by atoms with Crippen LogP contribution in [0.5, 0.6) is 0 Å². The van der Waals surface area contributed by atoms with E-state index in [0.29, 0.717) is 12.2 Å². The zero-order valence-electron chi connectivity index (χ0n) is 12.6.